The zero-order valence-electron chi connectivity index (χ0n) is 22.8. The third kappa shape index (κ3) is 8.10. The number of aliphatic hydroxyl groups is 1. The molecule has 8 nitrogen and oxygen atoms in total. The number of nitrogens with one attached hydrogen (secondary N) is 1. The van der Waals surface area contributed by atoms with Crippen molar-refractivity contribution in [3.05, 3.63) is 82.9 Å². The molecule has 1 atom stereocenters. The minimum atomic E-state index is -1.25. The van der Waals surface area contributed by atoms with E-state index in [2.05, 4.69) is 10.3 Å². The van der Waals surface area contributed by atoms with Crippen LogP contribution in [-0.2, 0) is 4.79 Å². The van der Waals surface area contributed by atoms with E-state index in [-0.39, 0.29) is 41.8 Å². The van der Waals surface area contributed by atoms with Crippen LogP contribution in [0.25, 0.3) is 0 Å². The number of methoxy groups -OCH3 is 1. The van der Waals surface area contributed by atoms with Crippen molar-refractivity contribution < 1.29 is 41.4 Å². The first kappa shape index (κ1) is 32.6. The quantitative estimate of drug-likeness (QED) is 0.310. The van der Waals surface area contributed by atoms with Crippen molar-refractivity contribution in [2.75, 3.05) is 49.1 Å². The maximum Gasteiger partial charge on any atom is 0.251 e. The van der Waals surface area contributed by atoms with Crippen molar-refractivity contribution >= 4 is 35.4 Å². The smallest absolute Gasteiger partial charge is 0.251 e. The number of pyridine rings is 1. The van der Waals surface area contributed by atoms with Gasteiger partial charge in [-0.2, -0.15) is 0 Å². The Kier molecular flexibility index (Phi) is 11.9. The largest absolute Gasteiger partial charge is 0.497 e. The third-order valence-corrected chi connectivity index (χ3v) is 7.38. The fourth-order valence-corrected chi connectivity index (χ4v) is 5.27. The lowest BCUT2D eigenvalue weighted by molar-refractivity contribution is -0.117. The highest BCUT2D eigenvalue weighted by Gasteiger charge is 2.37. The van der Waals surface area contributed by atoms with Crippen LogP contribution in [0.2, 0.25) is 0 Å². The van der Waals surface area contributed by atoms with Gasteiger partial charge in [-0.25, -0.2) is 26.9 Å². The van der Waals surface area contributed by atoms with Gasteiger partial charge in [0.05, 0.1) is 7.11 Å². The van der Waals surface area contributed by atoms with Gasteiger partial charge in [-0.05, 0) is 54.8 Å². The summed E-state index contributed by atoms with van der Waals surface area (Å²) in [5.74, 6) is -2.43. The Morgan fingerprint density at radius 3 is 2.29 bits per heavy atom. The van der Waals surface area contributed by atoms with E-state index >= 15 is 0 Å². The SMILES string of the molecule is CNC(=O)c1ccc(F)cc1.COc1cc(F)c(C2CC(=O)N(c3nc(N4CCCS4)ccc3F)C2)c(F)c1.OCF. The highest BCUT2D eigenvalue weighted by molar-refractivity contribution is 8.00. The van der Waals surface area contributed by atoms with E-state index in [1.807, 2.05) is 4.31 Å². The van der Waals surface area contributed by atoms with Crippen LogP contribution in [0.1, 0.15) is 34.7 Å². The maximum atomic E-state index is 14.4. The molecule has 3 heterocycles. The summed E-state index contributed by atoms with van der Waals surface area (Å²) in [6, 6.07) is 10.4. The molecule has 2 saturated heterocycles. The van der Waals surface area contributed by atoms with Gasteiger partial charge in [-0.3, -0.25) is 14.5 Å². The summed E-state index contributed by atoms with van der Waals surface area (Å²) in [6.07, 6.45) is 0.879. The molecule has 2 amide bonds. The zero-order valence-corrected chi connectivity index (χ0v) is 23.6. The van der Waals surface area contributed by atoms with E-state index in [0.29, 0.717) is 11.4 Å². The summed E-state index contributed by atoms with van der Waals surface area (Å²) < 4.78 is 72.2. The Morgan fingerprint density at radius 2 is 1.74 bits per heavy atom. The predicted molar refractivity (Wildman–Crippen MR) is 149 cm³/mol. The van der Waals surface area contributed by atoms with Crippen LogP contribution in [0.5, 0.6) is 5.75 Å². The second kappa shape index (κ2) is 15.4. The van der Waals surface area contributed by atoms with Crippen molar-refractivity contribution in [3.63, 3.8) is 0 Å². The van der Waals surface area contributed by atoms with Gasteiger partial charge >= 0.3 is 0 Å². The fourth-order valence-electron chi connectivity index (χ4n) is 4.30. The first-order valence-corrected chi connectivity index (χ1v) is 13.6. The molecule has 2 aromatic carbocycles. The monoisotopic (exact) mass is 612 g/mol. The summed E-state index contributed by atoms with van der Waals surface area (Å²) >= 11 is 1.59. The number of anilines is 2. The van der Waals surface area contributed by atoms with Gasteiger partial charge in [0.15, 0.2) is 18.5 Å². The molecule has 3 aromatic rings. The maximum absolute atomic E-state index is 14.4. The van der Waals surface area contributed by atoms with Crippen molar-refractivity contribution in [2.24, 2.45) is 0 Å². The average molecular weight is 613 g/mol. The van der Waals surface area contributed by atoms with Gasteiger partial charge in [0.2, 0.25) is 5.91 Å². The number of amides is 2. The topological polar surface area (TPSA) is 95.0 Å². The molecule has 1 aromatic heterocycles. The molecule has 14 heteroatoms. The molecule has 5 rings (SSSR count). The lowest BCUT2D eigenvalue weighted by Gasteiger charge is -2.20. The Labute approximate surface area is 243 Å². The first-order valence-electron chi connectivity index (χ1n) is 12.7. The number of halogens is 5. The van der Waals surface area contributed by atoms with Crippen LogP contribution >= 0.6 is 11.9 Å². The number of aromatic nitrogens is 1. The van der Waals surface area contributed by atoms with E-state index in [0.717, 1.165) is 30.9 Å². The highest BCUT2D eigenvalue weighted by atomic mass is 32.2. The number of benzene rings is 2. The summed E-state index contributed by atoms with van der Waals surface area (Å²) in [5.41, 5.74) is 0.275. The molecule has 0 bridgehead atoms. The number of carbonyl (C=O) groups excluding carboxylic acids is 2. The zero-order chi connectivity index (χ0) is 30.8. The molecule has 2 fully saturated rings. The van der Waals surface area contributed by atoms with Gasteiger partial charge < -0.3 is 19.5 Å². The Balaban J connectivity index is 0.000000288. The number of aliphatic hydroxyl groups excluding tert-OH is 1. The Morgan fingerprint density at radius 1 is 1.10 bits per heavy atom. The van der Waals surface area contributed by atoms with Crippen LogP contribution in [0.3, 0.4) is 0 Å². The van der Waals surface area contributed by atoms with Crippen LogP contribution in [-0.4, -0.2) is 61.8 Å². The number of rotatable bonds is 5. The molecule has 0 saturated carbocycles. The molecule has 1 unspecified atom stereocenters. The fraction of sp³-hybridized carbons (Fsp3) is 0.321. The van der Waals surface area contributed by atoms with E-state index in [1.165, 1.54) is 49.4 Å². The average Bonchev–Trinajstić information content (AvgIpc) is 3.64. The van der Waals surface area contributed by atoms with Gasteiger partial charge in [0.1, 0.15) is 29.0 Å². The van der Waals surface area contributed by atoms with Crippen LogP contribution in [0.15, 0.2) is 48.5 Å². The lowest BCUT2D eigenvalue weighted by Crippen LogP contribution is -2.27. The molecule has 2 N–H and O–H groups in total. The van der Waals surface area contributed by atoms with Crippen molar-refractivity contribution in [1.29, 1.82) is 0 Å². The molecule has 2 aliphatic rings. The van der Waals surface area contributed by atoms with E-state index in [9.17, 15) is 31.5 Å². The minimum Gasteiger partial charge on any atom is -0.497 e. The van der Waals surface area contributed by atoms with Gasteiger partial charge in [-0.15, -0.1) is 0 Å². The normalized spacial score (nSPS) is 15.9. The van der Waals surface area contributed by atoms with Gasteiger partial charge in [0, 0.05) is 61.5 Å². The molecular formula is C28H29F5N4O4S. The summed E-state index contributed by atoms with van der Waals surface area (Å²) in [7, 11) is 2.85. The molecule has 42 heavy (non-hydrogen) atoms. The molecule has 226 valence electrons. The van der Waals surface area contributed by atoms with Gasteiger partial charge in [0.25, 0.3) is 5.91 Å². The minimum absolute atomic E-state index is 0.0421. The summed E-state index contributed by atoms with van der Waals surface area (Å²) in [6.45, 7) is -0.499. The molecule has 0 spiro atoms. The highest BCUT2D eigenvalue weighted by Crippen LogP contribution is 2.37. The second-order valence-corrected chi connectivity index (χ2v) is 9.99. The molecule has 2 aliphatic heterocycles. The predicted octanol–water partition coefficient (Wildman–Crippen LogP) is 4.98. The van der Waals surface area contributed by atoms with Crippen molar-refractivity contribution in [2.45, 2.75) is 18.8 Å². The van der Waals surface area contributed by atoms with Crippen molar-refractivity contribution in [1.82, 2.24) is 10.3 Å². The van der Waals surface area contributed by atoms with Crippen molar-refractivity contribution in [3.8, 4) is 5.75 Å². The standard InChI is InChI=1S/C19H18F3N3O2S.C8H8FNO.CH3FO/c1-27-12-8-14(21)18(15(22)9-12)11-7-17(26)24(10-11)19-13(20)3-4-16(23-19)25-5-2-6-28-25;1-10-8(11)6-2-4-7(9)5-3-6;2-1-3/h3-4,8-9,11H,2,5-7,10H2,1H3;2-5H,1H3,(H,10,11);3H,1H2. The summed E-state index contributed by atoms with van der Waals surface area (Å²) in [4.78, 5) is 28.9. The van der Waals surface area contributed by atoms with Crippen LogP contribution in [0, 0.1) is 23.3 Å². The molecular weight excluding hydrogens is 583 g/mol. The molecule has 0 aliphatic carbocycles. The lowest BCUT2D eigenvalue weighted by atomic mass is 9.97. The summed E-state index contributed by atoms with van der Waals surface area (Å²) in [5, 5.41) is 9.34. The van der Waals surface area contributed by atoms with Crippen LogP contribution in [0.4, 0.5) is 33.6 Å². The second-order valence-electron chi connectivity index (χ2n) is 8.88. The number of ether oxygens (including phenoxy) is 1. The Hall–Kier alpha value is -3.91. The van der Waals surface area contributed by atoms with Crippen LogP contribution < -0.4 is 19.3 Å². The molecule has 0 radical (unpaired) electrons. The number of nitrogens with zero attached hydrogens (tertiary/aromatic N) is 3. The third-order valence-electron chi connectivity index (χ3n) is 6.23. The number of hydrogen-bond acceptors (Lipinski definition) is 7. The number of carbonyl (C=O) groups is 2. The van der Waals surface area contributed by atoms with E-state index < -0.39 is 36.1 Å². The van der Waals surface area contributed by atoms with E-state index in [1.54, 1.807) is 18.0 Å². The van der Waals surface area contributed by atoms with E-state index in [4.69, 9.17) is 9.84 Å². The number of hydrogen-bond donors (Lipinski definition) is 2. The first-order chi connectivity index (χ1) is 20.1. The number of alkyl halides is 1. The van der Waals surface area contributed by atoms with Gasteiger partial charge in [-0.1, -0.05) is 0 Å². The Bertz CT molecular complexity index is 1350.